The van der Waals surface area contributed by atoms with Gasteiger partial charge < -0.3 is 34.9 Å². The van der Waals surface area contributed by atoms with Gasteiger partial charge in [0, 0.05) is 23.8 Å². The van der Waals surface area contributed by atoms with Gasteiger partial charge in [-0.2, -0.15) is 0 Å². The van der Waals surface area contributed by atoms with Gasteiger partial charge in [-0.1, -0.05) is 66.2 Å². The molecule has 0 aromatic heterocycles. The summed E-state index contributed by atoms with van der Waals surface area (Å²) in [7, 11) is 0. The maximum Gasteiger partial charge on any atom is 0.328 e. The van der Waals surface area contributed by atoms with Gasteiger partial charge in [0.05, 0.1) is 12.2 Å². The van der Waals surface area contributed by atoms with Gasteiger partial charge in [0.1, 0.15) is 37.7 Å². The molecule has 12 nitrogen and oxygen atoms in total. The zero-order chi connectivity index (χ0) is 33.5. The number of halogens is 1. The van der Waals surface area contributed by atoms with Crippen molar-refractivity contribution in [2.24, 2.45) is 11.8 Å². The van der Waals surface area contributed by atoms with Crippen molar-refractivity contribution in [3.63, 3.8) is 0 Å². The van der Waals surface area contributed by atoms with Crippen LogP contribution in [0.4, 0.5) is 0 Å². The standard InChI is InChI=1S/C33H41ClN2O10/c1-22(33(41)45-19-23-8-6-9-24(16-23)20-46-36(42)43)35-32(40)13-5-3-2-4-12-28-29(31(39)18-30(28)38)15-14-26(37)21-44-27-11-7-10-25(34)17-27/h2,4,6-11,14-17,22,26,28-31,37-39H,3,5,12-13,18-21H2,1H3,(H,35,40)/t22?,26-,28-,29-,30+,31-/m1/s1. The molecule has 1 fully saturated rings. The van der Waals surface area contributed by atoms with Crippen LogP contribution < -0.4 is 10.1 Å². The first-order valence-electron chi connectivity index (χ1n) is 15.1. The highest BCUT2D eigenvalue weighted by Crippen LogP contribution is 2.36. The summed E-state index contributed by atoms with van der Waals surface area (Å²) >= 11 is 5.95. The van der Waals surface area contributed by atoms with Gasteiger partial charge >= 0.3 is 5.97 Å². The Bertz CT molecular complexity index is 1350. The number of ether oxygens (including phenoxy) is 2. The van der Waals surface area contributed by atoms with Crippen LogP contribution in [0.1, 0.15) is 50.2 Å². The minimum Gasteiger partial charge on any atom is -0.491 e. The van der Waals surface area contributed by atoms with Crippen molar-refractivity contribution in [3.05, 3.63) is 99.1 Å². The predicted octanol–water partition coefficient (Wildman–Crippen LogP) is 4.07. The number of aliphatic hydroxyl groups excluding tert-OH is 3. The molecule has 13 heteroatoms. The maximum atomic E-state index is 12.3. The number of amides is 1. The largest absolute Gasteiger partial charge is 0.491 e. The zero-order valence-electron chi connectivity index (χ0n) is 25.6. The number of hydrogen-bond donors (Lipinski definition) is 4. The van der Waals surface area contributed by atoms with Crippen LogP contribution in [0.5, 0.6) is 5.75 Å². The third-order valence-electron chi connectivity index (χ3n) is 7.48. The van der Waals surface area contributed by atoms with E-state index in [1.165, 1.54) is 6.92 Å². The molecule has 0 aliphatic heterocycles. The Morgan fingerprint density at radius 1 is 1.11 bits per heavy atom. The summed E-state index contributed by atoms with van der Waals surface area (Å²) in [6, 6.07) is 12.7. The lowest BCUT2D eigenvalue weighted by Gasteiger charge is -2.19. The molecule has 6 atom stereocenters. The van der Waals surface area contributed by atoms with E-state index >= 15 is 0 Å². The molecule has 0 radical (unpaired) electrons. The van der Waals surface area contributed by atoms with Crippen molar-refractivity contribution in [2.75, 3.05) is 6.61 Å². The van der Waals surface area contributed by atoms with E-state index in [1.54, 1.807) is 60.7 Å². The van der Waals surface area contributed by atoms with Crippen LogP contribution in [0.2, 0.25) is 5.02 Å². The summed E-state index contributed by atoms with van der Waals surface area (Å²) in [5, 5.41) is 43.9. The Morgan fingerprint density at radius 3 is 2.59 bits per heavy atom. The minimum atomic E-state index is -0.905. The first-order chi connectivity index (χ1) is 22.0. The van der Waals surface area contributed by atoms with Gasteiger partial charge in [0.15, 0.2) is 0 Å². The number of nitrogens with one attached hydrogen (secondary N) is 1. The highest BCUT2D eigenvalue weighted by Gasteiger charge is 2.39. The summed E-state index contributed by atoms with van der Waals surface area (Å²) in [5.74, 6) is -0.930. The van der Waals surface area contributed by atoms with Crippen LogP contribution in [0, 0.1) is 22.0 Å². The summed E-state index contributed by atoms with van der Waals surface area (Å²) < 4.78 is 10.8. The number of aliphatic hydroxyl groups is 3. The van der Waals surface area contributed by atoms with Crippen molar-refractivity contribution in [1.29, 1.82) is 0 Å². The van der Waals surface area contributed by atoms with Crippen molar-refractivity contribution in [1.82, 2.24) is 5.32 Å². The molecule has 2 aromatic rings. The highest BCUT2D eigenvalue weighted by atomic mass is 35.5. The third-order valence-corrected chi connectivity index (χ3v) is 7.71. The molecule has 0 spiro atoms. The second kappa shape index (κ2) is 18.9. The molecule has 2 aromatic carbocycles. The van der Waals surface area contributed by atoms with Crippen molar-refractivity contribution in [3.8, 4) is 5.75 Å². The number of allylic oxidation sites excluding steroid dienone is 2. The van der Waals surface area contributed by atoms with Crippen LogP contribution in [-0.2, 0) is 32.4 Å². The van der Waals surface area contributed by atoms with Crippen molar-refractivity contribution < 1.29 is 44.3 Å². The number of hydrogen-bond acceptors (Lipinski definition) is 10. The second-order valence-corrected chi connectivity index (χ2v) is 11.6. The molecule has 0 saturated heterocycles. The van der Waals surface area contributed by atoms with Crippen molar-refractivity contribution >= 4 is 23.5 Å². The molecule has 46 heavy (non-hydrogen) atoms. The number of esters is 1. The van der Waals surface area contributed by atoms with Gasteiger partial charge in [-0.05, 0) is 61.4 Å². The topological polar surface area (TPSA) is 178 Å². The molecule has 1 saturated carbocycles. The van der Waals surface area contributed by atoms with E-state index in [2.05, 4.69) is 10.2 Å². The van der Waals surface area contributed by atoms with E-state index in [0.29, 0.717) is 41.2 Å². The molecular formula is C33H41ClN2O10. The smallest absolute Gasteiger partial charge is 0.328 e. The summed E-state index contributed by atoms with van der Waals surface area (Å²) in [6.07, 6.45) is 6.92. The van der Waals surface area contributed by atoms with Gasteiger partial charge in [0.2, 0.25) is 5.91 Å². The fourth-order valence-corrected chi connectivity index (χ4v) is 5.28. The Balaban J connectivity index is 1.34. The van der Waals surface area contributed by atoms with Gasteiger partial charge in [-0.25, -0.2) is 4.79 Å². The highest BCUT2D eigenvalue weighted by molar-refractivity contribution is 6.30. The van der Waals surface area contributed by atoms with E-state index in [0.717, 1.165) is 0 Å². The number of nitrogens with zero attached hydrogens (tertiary/aromatic N) is 1. The lowest BCUT2D eigenvalue weighted by Crippen LogP contribution is -2.39. The quantitative estimate of drug-likeness (QED) is 0.0599. The summed E-state index contributed by atoms with van der Waals surface area (Å²) in [5.41, 5.74) is 1.18. The summed E-state index contributed by atoms with van der Waals surface area (Å²) in [4.78, 5) is 39.4. The lowest BCUT2D eigenvalue weighted by molar-refractivity contribution is -0.763. The van der Waals surface area contributed by atoms with Gasteiger partial charge in [-0.3, -0.25) is 4.79 Å². The summed E-state index contributed by atoms with van der Waals surface area (Å²) in [6.45, 7) is 1.27. The SMILES string of the molecule is CC(NC(=O)CCCC=CC[C@@H]1[C@@H](C=C[C@@H](O)COc2cccc(Cl)c2)[C@H](O)C[C@@H]1O)C(=O)OCc1cccc(CO[N+](=O)[O-])c1. The van der Waals surface area contributed by atoms with Crippen LogP contribution in [0.25, 0.3) is 0 Å². The van der Waals surface area contributed by atoms with Crippen LogP contribution in [0.15, 0.2) is 72.8 Å². The van der Waals surface area contributed by atoms with E-state index < -0.39 is 35.4 Å². The molecule has 1 unspecified atom stereocenters. The molecule has 0 bridgehead atoms. The number of carbonyl (C=O) groups excluding carboxylic acids is 2. The zero-order valence-corrected chi connectivity index (χ0v) is 26.3. The number of unbranched alkanes of at least 4 members (excludes halogenated alkanes) is 1. The Kier molecular flexibility index (Phi) is 15.0. The molecule has 4 N–H and O–H groups in total. The molecule has 1 amide bonds. The Labute approximate surface area is 272 Å². The van der Waals surface area contributed by atoms with Crippen LogP contribution in [-0.4, -0.2) is 63.2 Å². The molecule has 3 rings (SSSR count). The third kappa shape index (κ3) is 12.8. The predicted molar refractivity (Wildman–Crippen MR) is 169 cm³/mol. The van der Waals surface area contributed by atoms with Crippen molar-refractivity contribution in [2.45, 2.75) is 76.6 Å². The Hall–Kier alpha value is -3.97. The number of carbonyl (C=O) groups is 2. The van der Waals surface area contributed by atoms with E-state index in [1.807, 2.05) is 12.2 Å². The Morgan fingerprint density at radius 2 is 1.85 bits per heavy atom. The first kappa shape index (κ1) is 36.5. The normalized spacial score (nSPS) is 20.8. The molecule has 0 heterocycles. The van der Waals surface area contributed by atoms with Crippen LogP contribution in [0.3, 0.4) is 0 Å². The molecular weight excluding hydrogens is 620 g/mol. The maximum absolute atomic E-state index is 12.3. The second-order valence-electron chi connectivity index (χ2n) is 11.1. The average molecular weight is 661 g/mol. The van der Waals surface area contributed by atoms with Gasteiger partial charge in [-0.15, -0.1) is 10.1 Å². The van der Waals surface area contributed by atoms with E-state index in [-0.39, 0.29) is 50.4 Å². The van der Waals surface area contributed by atoms with E-state index in [9.17, 15) is 35.0 Å². The first-order valence-corrected chi connectivity index (χ1v) is 15.5. The lowest BCUT2D eigenvalue weighted by atomic mass is 9.89. The molecule has 1 aliphatic carbocycles. The fourth-order valence-electron chi connectivity index (χ4n) is 5.10. The van der Waals surface area contributed by atoms with Gasteiger partial charge in [0.25, 0.3) is 5.09 Å². The average Bonchev–Trinajstić information content (AvgIpc) is 3.29. The fraction of sp³-hybridized carbons (Fsp3) is 0.455. The van der Waals surface area contributed by atoms with Crippen LogP contribution >= 0.6 is 11.6 Å². The molecule has 1 aliphatic rings. The number of rotatable bonds is 18. The minimum absolute atomic E-state index is 0.0142. The molecule has 250 valence electrons. The monoisotopic (exact) mass is 660 g/mol. The van der Waals surface area contributed by atoms with E-state index in [4.69, 9.17) is 21.1 Å². The number of benzene rings is 2.